The summed E-state index contributed by atoms with van der Waals surface area (Å²) < 4.78 is 82.7. The molecule has 6 N–H and O–H groups in total. The van der Waals surface area contributed by atoms with E-state index in [0.29, 0.717) is 51.0 Å². The van der Waals surface area contributed by atoms with Crippen LogP contribution >= 0.6 is 0 Å². The molecule has 2 unspecified atom stereocenters. The zero-order valence-electron chi connectivity index (χ0n) is 32.7. The van der Waals surface area contributed by atoms with E-state index in [1.165, 1.54) is 61.2 Å². The normalized spacial score (nSPS) is 17.7. The number of anilines is 6. The third-order valence-corrected chi connectivity index (χ3v) is 11.4. The van der Waals surface area contributed by atoms with Crippen molar-refractivity contribution in [2.24, 2.45) is 0 Å². The summed E-state index contributed by atoms with van der Waals surface area (Å²) in [4.78, 5) is 24.9. The van der Waals surface area contributed by atoms with Gasteiger partial charge in [-0.1, -0.05) is 60.7 Å². The van der Waals surface area contributed by atoms with Crippen molar-refractivity contribution in [2.75, 3.05) is 60.9 Å². The van der Waals surface area contributed by atoms with E-state index in [4.69, 9.17) is 9.47 Å². The molecule has 0 bridgehead atoms. The third kappa shape index (κ3) is 10.9. The van der Waals surface area contributed by atoms with Crippen LogP contribution in [0.3, 0.4) is 0 Å². The summed E-state index contributed by atoms with van der Waals surface area (Å²) in [6.45, 7) is 2.99. The van der Waals surface area contributed by atoms with Crippen molar-refractivity contribution in [1.82, 2.24) is 39.9 Å². The van der Waals surface area contributed by atoms with Crippen LogP contribution in [0.2, 0.25) is 0 Å². The fourth-order valence-corrected chi connectivity index (χ4v) is 8.06. The van der Waals surface area contributed by atoms with E-state index in [9.17, 15) is 25.9 Å². The van der Waals surface area contributed by atoms with Gasteiger partial charge in [0, 0.05) is 35.8 Å². The van der Waals surface area contributed by atoms with Gasteiger partial charge in [0.1, 0.15) is 34.7 Å². The standard InChI is InChI=1S/C40H40N12O8S2/c53-61(54,55)35-21-31(45-39-43-25-41-37(47-39)33-23-51(17-19-59-33)49-29-7-3-1-4-8-29)15-13-27(35)11-12-28-14-16-32(22-36(28)62(56,57)58)46-40-44-26-42-38(48-40)34-24-52(18-20-60-34)50-30-9-5-2-6-10-30/h1-16,21-22,25-26,33-34,49-50H,17-20,23-24H2,(H,53,54,55)(H,56,57,58)(H,41,43,45,47)(H,42,44,46,48). The Labute approximate surface area is 356 Å². The van der Waals surface area contributed by atoms with Crippen LogP contribution < -0.4 is 21.5 Å². The van der Waals surface area contributed by atoms with Crippen LogP contribution in [0.1, 0.15) is 35.0 Å². The lowest BCUT2D eigenvalue weighted by Gasteiger charge is -2.32. The van der Waals surface area contributed by atoms with Crippen LogP contribution in [-0.2, 0) is 29.7 Å². The first-order chi connectivity index (χ1) is 29.9. The predicted octanol–water partition coefficient (Wildman–Crippen LogP) is 5.01. The van der Waals surface area contributed by atoms with Crippen molar-refractivity contribution in [1.29, 1.82) is 0 Å². The Bertz CT molecular complexity index is 2590. The number of benzene rings is 4. The molecule has 0 amide bonds. The number of aromatic nitrogens is 6. The molecule has 4 heterocycles. The zero-order chi connectivity index (χ0) is 43.1. The number of hydrogen-bond acceptors (Lipinski definition) is 18. The van der Waals surface area contributed by atoms with E-state index in [-0.39, 0.29) is 34.4 Å². The summed E-state index contributed by atoms with van der Waals surface area (Å²) in [6.07, 6.45) is 4.21. The summed E-state index contributed by atoms with van der Waals surface area (Å²) >= 11 is 0. The van der Waals surface area contributed by atoms with Crippen LogP contribution in [0.25, 0.3) is 12.2 Å². The van der Waals surface area contributed by atoms with E-state index in [1.807, 2.05) is 70.7 Å². The van der Waals surface area contributed by atoms with Gasteiger partial charge in [0.15, 0.2) is 11.6 Å². The van der Waals surface area contributed by atoms with Crippen LogP contribution in [-0.4, -0.2) is 105 Å². The molecule has 0 aliphatic carbocycles. The second-order valence-corrected chi connectivity index (χ2v) is 16.7. The Morgan fingerprint density at radius 3 is 1.39 bits per heavy atom. The molecule has 2 aliphatic rings. The zero-order valence-corrected chi connectivity index (χ0v) is 34.3. The largest absolute Gasteiger partial charge is 0.367 e. The number of hydrazine groups is 2. The maximum absolute atomic E-state index is 12.6. The van der Waals surface area contributed by atoms with Crippen LogP contribution in [0, 0.1) is 0 Å². The first-order valence-corrected chi connectivity index (χ1v) is 22.0. The van der Waals surface area contributed by atoms with Crippen molar-refractivity contribution in [3.8, 4) is 0 Å². The quantitative estimate of drug-likeness (QED) is 0.0621. The maximum Gasteiger partial charge on any atom is 0.295 e. The Balaban J connectivity index is 0.960. The smallest absolute Gasteiger partial charge is 0.295 e. The number of para-hydroxylation sites is 2. The molecule has 22 heteroatoms. The fraction of sp³-hybridized carbons (Fsp3) is 0.200. The van der Waals surface area contributed by atoms with Gasteiger partial charge in [-0.05, 0) is 59.7 Å². The van der Waals surface area contributed by atoms with E-state index >= 15 is 0 Å². The Morgan fingerprint density at radius 1 is 0.565 bits per heavy atom. The topological polar surface area (TPSA) is 259 Å². The molecule has 2 aromatic heterocycles. The van der Waals surface area contributed by atoms with Crippen molar-refractivity contribution in [3.63, 3.8) is 0 Å². The molecule has 320 valence electrons. The number of ether oxygens (including phenoxy) is 2. The average Bonchev–Trinajstić information content (AvgIpc) is 3.27. The van der Waals surface area contributed by atoms with Gasteiger partial charge >= 0.3 is 0 Å². The third-order valence-electron chi connectivity index (χ3n) is 9.55. The highest BCUT2D eigenvalue weighted by Gasteiger charge is 2.27. The molecule has 20 nitrogen and oxygen atoms in total. The minimum absolute atomic E-state index is 0.0136. The molecule has 62 heavy (non-hydrogen) atoms. The second-order valence-electron chi connectivity index (χ2n) is 13.9. The Kier molecular flexibility index (Phi) is 12.7. The van der Waals surface area contributed by atoms with Crippen molar-refractivity contribution in [2.45, 2.75) is 22.0 Å². The van der Waals surface area contributed by atoms with Gasteiger partial charge in [-0.15, -0.1) is 0 Å². The molecule has 2 atom stereocenters. The summed E-state index contributed by atoms with van der Waals surface area (Å²) in [5.74, 6) is 0.898. The van der Waals surface area contributed by atoms with Gasteiger partial charge < -0.3 is 31.0 Å². The van der Waals surface area contributed by atoms with Crippen molar-refractivity contribution < 1.29 is 35.4 Å². The lowest BCUT2D eigenvalue weighted by molar-refractivity contribution is -0.0259. The first kappa shape index (κ1) is 42.2. The molecular weight excluding hydrogens is 841 g/mol. The highest BCUT2D eigenvalue weighted by atomic mass is 32.2. The Morgan fingerprint density at radius 2 is 0.984 bits per heavy atom. The van der Waals surface area contributed by atoms with E-state index in [1.54, 1.807) is 0 Å². The molecule has 0 saturated carbocycles. The molecule has 2 fully saturated rings. The Hall–Kier alpha value is -6.50. The maximum atomic E-state index is 12.6. The SMILES string of the molecule is O=S(=O)(O)c1cc(Nc2ncnc(C3CN(Nc4ccccc4)CCO3)n2)ccc1C=Cc1ccc(Nc2ncnc(C3CN(Nc4ccccc4)CCO3)n2)cc1S(=O)(=O)O. The predicted molar refractivity (Wildman–Crippen MR) is 228 cm³/mol. The lowest BCUT2D eigenvalue weighted by atomic mass is 10.1. The number of morpholine rings is 2. The van der Waals surface area contributed by atoms with Gasteiger partial charge in [-0.2, -0.15) is 26.8 Å². The summed E-state index contributed by atoms with van der Waals surface area (Å²) in [5.41, 5.74) is 8.99. The molecule has 8 rings (SSSR count). The number of nitrogens with one attached hydrogen (secondary N) is 4. The van der Waals surface area contributed by atoms with Crippen molar-refractivity contribution in [3.05, 3.63) is 132 Å². The molecule has 0 radical (unpaired) electrons. The molecule has 4 aromatic carbocycles. The first-order valence-electron chi connectivity index (χ1n) is 19.1. The van der Waals surface area contributed by atoms with Gasteiger partial charge in [0.2, 0.25) is 11.9 Å². The van der Waals surface area contributed by atoms with Gasteiger partial charge in [0.25, 0.3) is 20.2 Å². The molecular formula is C40H40N12O8S2. The minimum atomic E-state index is -4.81. The fourth-order valence-electron chi connectivity index (χ4n) is 6.64. The highest BCUT2D eigenvalue weighted by molar-refractivity contribution is 7.86. The molecule has 2 aliphatic heterocycles. The van der Waals surface area contributed by atoms with Crippen LogP contribution in [0.15, 0.2) is 120 Å². The second kappa shape index (κ2) is 18.6. The van der Waals surface area contributed by atoms with E-state index in [0.717, 1.165) is 11.4 Å². The number of rotatable bonds is 14. The van der Waals surface area contributed by atoms with Gasteiger partial charge in [-0.25, -0.2) is 30.0 Å². The minimum Gasteiger partial charge on any atom is -0.367 e. The van der Waals surface area contributed by atoms with Gasteiger partial charge in [0.05, 0.1) is 26.3 Å². The van der Waals surface area contributed by atoms with Crippen molar-refractivity contribution >= 4 is 67.0 Å². The van der Waals surface area contributed by atoms with Gasteiger partial charge in [-0.3, -0.25) is 9.11 Å². The van der Waals surface area contributed by atoms with Crippen LogP contribution in [0.5, 0.6) is 0 Å². The van der Waals surface area contributed by atoms with E-state index < -0.39 is 42.2 Å². The van der Waals surface area contributed by atoms with E-state index in [2.05, 4.69) is 51.4 Å². The summed E-state index contributed by atoms with van der Waals surface area (Å²) in [5, 5.41) is 9.88. The average molecular weight is 881 g/mol. The highest BCUT2D eigenvalue weighted by Crippen LogP contribution is 2.29. The monoisotopic (exact) mass is 880 g/mol. The summed E-state index contributed by atoms with van der Waals surface area (Å²) in [7, 11) is -9.62. The lowest BCUT2D eigenvalue weighted by Crippen LogP contribution is -2.42. The summed E-state index contributed by atoms with van der Waals surface area (Å²) in [6, 6.07) is 27.6. The molecule has 0 spiro atoms. The van der Waals surface area contributed by atoms with Crippen LogP contribution in [0.4, 0.5) is 34.6 Å². The molecule has 6 aromatic rings. The number of hydrogen-bond donors (Lipinski definition) is 6. The number of nitrogens with zero attached hydrogens (tertiary/aromatic N) is 8. The molecule has 2 saturated heterocycles.